The Kier molecular flexibility index (Phi) is 5.67. The number of aryl methyl sites for hydroxylation is 2. The number of anilines is 1. The third kappa shape index (κ3) is 4.38. The number of piperidine rings is 1. The summed E-state index contributed by atoms with van der Waals surface area (Å²) in [4.78, 5) is 11.5. The summed E-state index contributed by atoms with van der Waals surface area (Å²) < 4.78 is 11.9. The summed E-state index contributed by atoms with van der Waals surface area (Å²) in [6, 6.07) is 6.49. The number of hydrogen-bond donors (Lipinski definition) is 1. The van der Waals surface area contributed by atoms with Crippen molar-refractivity contribution in [3.63, 3.8) is 0 Å². The summed E-state index contributed by atoms with van der Waals surface area (Å²) >= 11 is 0. The van der Waals surface area contributed by atoms with Gasteiger partial charge in [-0.2, -0.15) is 0 Å². The standard InChI is InChI=1S/C22H30N4O2/c1-15-9-20(10-16(2)25-15)28-14-18-5-4-7-26(13-18)17(3)19-11-21-22(24-12-19)23-6-8-27-21/h9-12,17-18H,4-8,13-14H2,1-3H3,(H,23,24)/t17?,18-/m1/s1. The fraction of sp³-hybridized carbons (Fsp3) is 0.545. The molecule has 1 fully saturated rings. The summed E-state index contributed by atoms with van der Waals surface area (Å²) in [7, 11) is 0. The predicted octanol–water partition coefficient (Wildman–Crippen LogP) is 3.75. The highest BCUT2D eigenvalue weighted by Crippen LogP contribution is 2.32. The van der Waals surface area contributed by atoms with Crippen LogP contribution in [0.2, 0.25) is 0 Å². The average molecular weight is 383 g/mol. The Morgan fingerprint density at radius 3 is 2.93 bits per heavy atom. The molecule has 0 spiro atoms. The first kappa shape index (κ1) is 19.0. The van der Waals surface area contributed by atoms with Crippen LogP contribution in [0.25, 0.3) is 0 Å². The molecule has 4 heterocycles. The summed E-state index contributed by atoms with van der Waals surface area (Å²) in [5, 5.41) is 3.28. The summed E-state index contributed by atoms with van der Waals surface area (Å²) in [6.45, 7) is 10.7. The molecule has 0 saturated carbocycles. The lowest BCUT2D eigenvalue weighted by Gasteiger charge is -2.37. The molecule has 0 aromatic carbocycles. The van der Waals surface area contributed by atoms with Gasteiger partial charge in [-0.1, -0.05) is 0 Å². The first-order chi connectivity index (χ1) is 13.6. The lowest BCUT2D eigenvalue weighted by atomic mass is 9.96. The van der Waals surface area contributed by atoms with Crippen molar-refractivity contribution >= 4 is 5.82 Å². The number of likely N-dealkylation sites (tertiary alicyclic amines) is 1. The minimum atomic E-state index is 0.316. The van der Waals surface area contributed by atoms with Crippen molar-refractivity contribution < 1.29 is 9.47 Å². The monoisotopic (exact) mass is 382 g/mol. The molecule has 0 amide bonds. The number of nitrogens with zero attached hydrogens (tertiary/aromatic N) is 3. The highest BCUT2D eigenvalue weighted by atomic mass is 16.5. The van der Waals surface area contributed by atoms with Crippen molar-refractivity contribution in [2.45, 2.75) is 39.7 Å². The van der Waals surface area contributed by atoms with E-state index in [1.807, 2.05) is 32.2 Å². The van der Waals surface area contributed by atoms with Crippen LogP contribution in [0.5, 0.6) is 11.5 Å². The maximum Gasteiger partial charge on any atom is 0.168 e. The number of hydrogen-bond acceptors (Lipinski definition) is 6. The lowest BCUT2D eigenvalue weighted by molar-refractivity contribution is 0.100. The zero-order chi connectivity index (χ0) is 19.5. The maximum atomic E-state index is 6.11. The molecule has 0 aliphatic carbocycles. The Bertz CT molecular complexity index is 806. The van der Waals surface area contributed by atoms with Crippen molar-refractivity contribution in [3.8, 4) is 11.5 Å². The van der Waals surface area contributed by atoms with E-state index in [1.165, 1.54) is 18.4 Å². The molecule has 1 N–H and O–H groups in total. The van der Waals surface area contributed by atoms with Gasteiger partial charge >= 0.3 is 0 Å². The number of aromatic nitrogens is 2. The van der Waals surface area contributed by atoms with Gasteiger partial charge in [-0.25, -0.2) is 4.98 Å². The van der Waals surface area contributed by atoms with E-state index in [1.54, 1.807) is 0 Å². The van der Waals surface area contributed by atoms with E-state index in [0.717, 1.165) is 54.9 Å². The fourth-order valence-corrected chi connectivity index (χ4v) is 4.15. The van der Waals surface area contributed by atoms with Crippen molar-refractivity contribution in [1.82, 2.24) is 14.9 Å². The fourth-order valence-electron chi connectivity index (χ4n) is 4.15. The zero-order valence-electron chi connectivity index (χ0n) is 17.1. The second-order valence-electron chi connectivity index (χ2n) is 7.97. The summed E-state index contributed by atoms with van der Waals surface area (Å²) in [6.07, 6.45) is 4.39. The van der Waals surface area contributed by atoms with E-state index in [9.17, 15) is 0 Å². The summed E-state index contributed by atoms with van der Waals surface area (Å²) in [5.41, 5.74) is 3.22. The van der Waals surface area contributed by atoms with E-state index in [4.69, 9.17) is 9.47 Å². The van der Waals surface area contributed by atoms with E-state index in [0.29, 0.717) is 18.6 Å². The quantitative estimate of drug-likeness (QED) is 0.850. The van der Waals surface area contributed by atoms with Gasteiger partial charge in [0.1, 0.15) is 12.4 Å². The Morgan fingerprint density at radius 2 is 2.11 bits per heavy atom. The first-order valence-corrected chi connectivity index (χ1v) is 10.3. The number of pyridine rings is 2. The predicted molar refractivity (Wildman–Crippen MR) is 110 cm³/mol. The number of rotatable bonds is 5. The minimum Gasteiger partial charge on any atom is -0.493 e. The third-order valence-corrected chi connectivity index (χ3v) is 5.65. The van der Waals surface area contributed by atoms with E-state index < -0.39 is 0 Å². The maximum absolute atomic E-state index is 6.11. The molecule has 6 nitrogen and oxygen atoms in total. The van der Waals surface area contributed by atoms with Crippen LogP contribution in [-0.2, 0) is 0 Å². The second kappa shape index (κ2) is 8.35. The molecule has 1 unspecified atom stereocenters. The molecule has 150 valence electrons. The first-order valence-electron chi connectivity index (χ1n) is 10.3. The van der Waals surface area contributed by atoms with Crippen LogP contribution in [0.15, 0.2) is 24.4 Å². The van der Waals surface area contributed by atoms with Gasteiger partial charge in [0.15, 0.2) is 11.6 Å². The Morgan fingerprint density at radius 1 is 1.29 bits per heavy atom. The van der Waals surface area contributed by atoms with Gasteiger partial charge in [-0.05, 0) is 51.8 Å². The topological polar surface area (TPSA) is 59.5 Å². The normalized spacial score (nSPS) is 20.6. The Balaban J connectivity index is 1.37. The molecule has 28 heavy (non-hydrogen) atoms. The number of ether oxygens (including phenoxy) is 2. The molecule has 2 aromatic heterocycles. The average Bonchev–Trinajstić information content (AvgIpc) is 2.71. The minimum absolute atomic E-state index is 0.316. The van der Waals surface area contributed by atoms with Crippen LogP contribution < -0.4 is 14.8 Å². The van der Waals surface area contributed by atoms with Gasteiger partial charge in [0.05, 0.1) is 13.2 Å². The van der Waals surface area contributed by atoms with Crippen molar-refractivity contribution in [2.24, 2.45) is 5.92 Å². The molecule has 2 aliphatic heterocycles. The second-order valence-corrected chi connectivity index (χ2v) is 7.97. The van der Waals surface area contributed by atoms with Crippen LogP contribution >= 0.6 is 0 Å². The molecule has 1 saturated heterocycles. The van der Waals surface area contributed by atoms with Crippen LogP contribution in [0.1, 0.15) is 42.8 Å². The van der Waals surface area contributed by atoms with Crippen molar-refractivity contribution in [3.05, 3.63) is 41.3 Å². The molecular weight excluding hydrogens is 352 g/mol. The van der Waals surface area contributed by atoms with Gasteiger partial charge in [0.2, 0.25) is 0 Å². The Labute approximate surface area is 167 Å². The Hall–Kier alpha value is -2.34. The highest BCUT2D eigenvalue weighted by molar-refractivity contribution is 5.52. The van der Waals surface area contributed by atoms with Gasteiger partial charge in [-0.3, -0.25) is 9.88 Å². The molecule has 4 rings (SSSR count). The molecule has 2 aromatic rings. The van der Waals surface area contributed by atoms with Crippen LogP contribution in [0, 0.1) is 19.8 Å². The smallest absolute Gasteiger partial charge is 0.168 e. The summed E-state index contributed by atoms with van der Waals surface area (Å²) in [5.74, 6) is 3.19. The van der Waals surface area contributed by atoms with Gasteiger partial charge in [0.25, 0.3) is 0 Å². The highest BCUT2D eigenvalue weighted by Gasteiger charge is 2.26. The van der Waals surface area contributed by atoms with Gasteiger partial charge < -0.3 is 14.8 Å². The van der Waals surface area contributed by atoms with Crippen molar-refractivity contribution in [2.75, 3.05) is 38.2 Å². The molecular formula is C22H30N4O2. The number of nitrogens with one attached hydrogen (secondary N) is 1. The lowest BCUT2D eigenvalue weighted by Crippen LogP contribution is -2.39. The SMILES string of the molecule is Cc1cc(OC[C@@H]2CCCN(C(C)c3cnc4c(c3)OCCN4)C2)cc(C)n1. The van der Waals surface area contributed by atoms with E-state index >= 15 is 0 Å². The van der Waals surface area contributed by atoms with Crippen LogP contribution in [0.4, 0.5) is 5.82 Å². The number of fused-ring (bicyclic) bond motifs is 1. The van der Waals surface area contributed by atoms with Crippen LogP contribution in [0.3, 0.4) is 0 Å². The molecule has 2 aliphatic rings. The van der Waals surface area contributed by atoms with Gasteiger partial charge in [0, 0.05) is 48.2 Å². The van der Waals surface area contributed by atoms with Crippen molar-refractivity contribution in [1.29, 1.82) is 0 Å². The molecule has 0 radical (unpaired) electrons. The largest absolute Gasteiger partial charge is 0.493 e. The molecule has 6 heteroatoms. The third-order valence-electron chi connectivity index (χ3n) is 5.65. The van der Waals surface area contributed by atoms with Gasteiger partial charge in [-0.15, -0.1) is 0 Å². The van der Waals surface area contributed by atoms with E-state index in [2.05, 4.69) is 33.2 Å². The van der Waals surface area contributed by atoms with E-state index in [-0.39, 0.29) is 0 Å². The zero-order valence-corrected chi connectivity index (χ0v) is 17.1. The molecule has 2 atom stereocenters. The van der Waals surface area contributed by atoms with Crippen LogP contribution in [-0.4, -0.2) is 47.7 Å². The molecule has 0 bridgehead atoms.